The molecule has 3 aromatic rings. The van der Waals surface area contributed by atoms with Crippen molar-refractivity contribution in [2.75, 3.05) is 5.73 Å². The lowest BCUT2D eigenvalue weighted by Gasteiger charge is -2.11. The minimum absolute atomic E-state index is 0.0475. The average Bonchev–Trinajstić information content (AvgIpc) is 2.93. The van der Waals surface area contributed by atoms with Crippen LogP contribution in [-0.2, 0) is 11.3 Å². The van der Waals surface area contributed by atoms with E-state index >= 15 is 0 Å². The lowest BCUT2D eigenvalue weighted by atomic mass is 10.2. The van der Waals surface area contributed by atoms with Gasteiger partial charge in [-0.15, -0.1) is 0 Å². The van der Waals surface area contributed by atoms with E-state index in [2.05, 4.69) is 5.16 Å². The number of benzene rings is 2. The number of carbonyl (C=O) groups excluding carboxylic acids is 1. The van der Waals surface area contributed by atoms with Gasteiger partial charge in [0.15, 0.2) is 0 Å². The largest absolute Gasteiger partial charge is 0.457 e. The maximum atomic E-state index is 12.1. The van der Waals surface area contributed by atoms with Crippen molar-refractivity contribution in [3.8, 4) is 11.5 Å². The third-order valence-corrected chi connectivity index (χ3v) is 3.40. The quantitative estimate of drug-likeness (QED) is 0.720. The smallest absolute Gasteiger partial charge is 0.346 e. The highest BCUT2D eigenvalue weighted by Gasteiger charge is 2.20. The number of ether oxygens (including phenoxy) is 2. The third-order valence-electron chi connectivity index (χ3n) is 3.40. The predicted molar refractivity (Wildman–Crippen MR) is 87.7 cm³/mol. The number of anilines is 1. The molecule has 6 heteroatoms. The Labute approximate surface area is 138 Å². The maximum Gasteiger partial charge on any atom is 0.346 e. The molecule has 0 aliphatic heterocycles. The lowest BCUT2D eigenvalue weighted by molar-refractivity contribution is 0.0471. The Hall–Kier alpha value is -3.28. The van der Waals surface area contributed by atoms with E-state index in [1.54, 1.807) is 6.92 Å². The van der Waals surface area contributed by atoms with E-state index in [0.717, 1.165) is 5.56 Å². The first-order valence-electron chi connectivity index (χ1n) is 7.35. The van der Waals surface area contributed by atoms with E-state index in [4.69, 9.17) is 19.7 Å². The van der Waals surface area contributed by atoms with Gasteiger partial charge in [-0.3, -0.25) is 0 Å². The van der Waals surface area contributed by atoms with Crippen LogP contribution in [0.25, 0.3) is 0 Å². The van der Waals surface area contributed by atoms with Crippen molar-refractivity contribution in [2.45, 2.75) is 13.5 Å². The molecule has 1 heterocycles. The van der Waals surface area contributed by atoms with Gasteiger partial charge in [0.05, 0.1) is 5.69 Å². The molecular weight excluding hydrogens is 308 g/mol. The van der Waals surface area contributed by atoms with Crippen molar-refractivity contribution < 1.29 is 18.8 Å². The van der Waals surface area contributed by atoms with Gasteiger partial charge in [0.1, 0.15) is 23.7 Å². The second-order valence-electron chi connectivity index (χ2n) is 5.11. The summed E-state index contributed by atoms with van der Waals surface area (Å²) in [5, 5.41) is 3.64. The molecule has 2 N–H and O–H groups in total. The number of esters is 1. The highest BCUT2D eigenvalue weighted by atomic mass is 16.5. The van der Waals surface area contributed by atoms with Crippen LogP contribution < -0.4 is 10.5 Å². The highest BCUT2D eigenvalue weighted by Crippen LogP contribution is 2.26. The van der Waals surface area contributed by atoms with Gasteiger partial charge in [0, 0.05) is 5.56 Å². The van der Waals surface area contributed by atoms with Crippen molar-refractivity contribution >= 4 is 11.9 Å². The first-order chi connectivity index (χ1) is 11.6. The Morgan fingerprint density at radius 2 is 1.83 bits per heavy atom. The van der Waals surface area contributed by atoms with Gasteiger partial charge in [-0.25, -0.2) is 4.79 Å². The lowest BCUT2D eigenvalue weighted by Crippen LogP contribution is -2.08. The Bertz CT molecular complexity index is 824. The van der Waals surface area contributed by atoms with Crippen LogP contribution in [0.1, 0.15) is 21.6 Å². The Morgan fingerprint density at radius 3 is 2.54 bits per heavy atom. The van der Waals surface area contributed by atoms with Crippen LogP contribution in [0.4, 0.5) is 5.88 Å². The number of aromatic nitrogens is 1. The Morgan fingerprint density at radius 1 is 1.12 bits per heavy atom. The molecule has 24 heavy (non-hydrogen) atoms. The van der Waals surface area contributed by atoms with Gasteiger partial charge in [-0.1, -0.05) is 41.6 Å². The molecule has 2 aromatic carbocycles. The van der Waals surface area contributed by atoms with Gasteiger partial charge < -0.3 is 19.7 Å². The molecule has 0 amide bonds. The summed E-state index contributed by atoms with van der Waals surface area (Å²) >= 11 is 0. The number of nitrogens with zero attached hydrogens (tertiary/aromatic N) is 1. The number of aryl methyl sites for hydroxylation is 1. The summed E-state index contributed by atoms with van der Waals surface area (Å²) in [5.41, 5.74) is 6.87. The number of nitrogens with two attached hydrogens (primary N) is 1. The van der Waals surface area contributed by atoms with E-state index in [9.17, 15) is 4.79 Å². The van der Waals surface area contributed by atoms with E-state index in [1.165, 1.54) is 0 Å². The second kappa shape index (κ2) is 6.87. The molecule has 0 radical (unpaired) electrons. The summed E-state index contributed by atoms with van der Waals surface area (Å²) in [6, 6.07) is 16.7. The van der Waals surface area contributed by atoms with Crippen LogP contribution in [0.5, 0.6) is 11.5 Å². The normalized spacial score (nSPS) is 10.4. The molecule has 122 valence electrons. The van der Waals surface area contributed by atoms with Crippen molar-refractivity contribution in [1.29, 1.82) is 0 Å². The van der Waals surface area contributed by atoms with Gasteiger partial charge >= 0.3 is 5.97 Å². The van der Waals surface area contributed by atoms with Crippen LogP contribution in [0.15, 0.2) is 59.1 Å². The fourth-order valence-corrected chi connectivity index (χ4v) is 2.19. The van der Waals surface area contributed by atoms with Crippen LogP contribution in [-0.4, -0.2) is 11.1 Å². The minimum Gasteiger partial charge on any atom is -0.457 e. The summed E-state index contributed by atoms with van der Waals surface area (Å²) in [6.45, 7) is 1.68. The first-order valence-corrected chi connectivity index (χ1v) is 7.35. The number of carbonyl (C=O) groups is 1. The van der Waals surface area contributed by atoms with Gasteiger partial charge in [-0.05, 0) is 25.1 Å². The molecule has 0 aliphatic rings. The van der Waals surface area contributed by atoms with Crippen LogP contribution >= 0.6 is 0 Å². The summed E-state index contributed by atoms with van der Waals surface area (Å²) in [4.78, 5) is 12.1. The Kier molecular flexibility index (Phi) is 4.47. The van der Waals surface area contributed by atoms with Crippen LogP contribution in [0.3, 0.4) is 0 Å². The molecule has 0 fully saturated rings. The number of rotatable bonds is 5. The second-order valence-corrected chi connectivity index (χ2v) is 5.11. The molecule has 0 aliphatic carbocycles. The van der Waals surface area contributed by atoms with E-state index in [0.29, 0.717) is 17.2 Å². The van der Waals surface area contributed by atoms with Gasteiger partial charge in [0.25, 0.3) is 0 Å². The first kappa shape index (κ1) is 15.6. The molecule has 0 saturated heterocycles. The number of para-hydroxylation sites is 2. The SMILES string of the molecule is Cc1noc(N)c1C(=O)OCc1ccccc1Oc1ccccc1. The Balaban J connectivity index is 1.73. The summed E-state index contributed by atoms with van der Waals surface area (Å²) < 4.78 is 15.9. The number of hydrogen-bond donors (Lipinski definition) is 1. The van der Waals surface area contributed by atoms with E-state index in [1.807, 2.05) is 54.6 Å². The molecule has 0 spiro atoms. The maximum absolute atomic E-state index is 12.1. The fraction of sp³-hybridized carbons (Fsp3) is 0.111. The molecule has 3 rings (SSSR count). The van der Waals surface area contributed by atoms with Crippen LogP contribution in [0, 0.1) is 6.92 Å². The molecular formula is C18H16N2O4. The van der Waals surface area contributed by atoms with E-state index in [-0.39, 0.29) is 18.1 Å². The molecule has 0 saturated carbocycles. The van der Waals surface area contributed by atoms with Crippen molar-refractivity contribution in [1.82, 2.24) is 5.16 Å². The van der Waals surface area contributed by atoms with E-state index < -0.39 is 5.97 Å². The summed E-state index contributed by atoms with van der Waals surface area (Å²) in [6.07, 6.45) is 0. The fourth-order valence-electron chi connectivity index (χ4n) is 2.19. The number of nitrogen functional groups attached to an aromatic ring is 1. The summed E-state index contributed by atoms with van der Waals surface area (Å²) in [7, 11) is 0. The summed E-state index contributed by atoms with van der Waals surface area (Å²) in [5.74, 6) is 0.689. The molecule has 6 nitrogen and oxygen atoms in total. The predicted octanol–water partition coefficient (Wildman–Crippen LogP) is 3.71. The molecule has 1 aromatic heterocycles. The van der Waals surface area contributed by atoms with Crippen LogP contribution in [0.2, 0.25) is 0 Å². The zero-order chi connectivity index (χ0) is 16.9. The van der Waals surface area contributed by atoms with Gasteiger partial charge in [0.2, 0.25) is 5.88 Å². The third kappa shape index (κ3) is 3.38. The number of hydrogen-bond acceptors (Lipinski definition) is 6. The van der Waals surface area contributed by atoms with Crippen molar-refractivity contribution in [3.05, 3.63) is 71.4 Å². The molecule has 0 unspecified atom stereocenters. The van der Waals surface area contributed by atoms with Gasteiger partial charge in [-0.2, -0.15) is 0 Å². The minimum atomic E-state index is -0.583. The van der Waals surface area contributed by atoms with Crippen molar-refractivity contribution in [2.24, 2.45) is 0 Å². The molecule has 0 bridgehead atoms. The average molecular weight is 324 g/mol. The monoisotopic (exact) mass is 324 g/mol. The zero-order valence-electron chi connectivity index (χ0n) is 13.1. The highest BCUT2D eigenvalue weighted by molar-refractivity contribution is 5.94. The standard InChI is InChI=1S/C18H16N2O4/c1-12-16(17(19)24-20-12)18(21)22-11-13-7-5-6-10-15(13)23-14-8-3-2-4-9-14/h2-10H,11,19H2,1H3. The zero-order valence-corrected chi connectivity index (χ0v) is 13.1. The van der Waals surface area contributed by atoms with Crippen molar-refractivity contribution in [3.63, 3.8) is 0 Å². The topological polar surface area (TPSA) is 87.6 Å². The molecule has 0 atom stereocenters.